The van der Waals surface area contributed by atoms with Crippen LogP contribution in [0.2, 0.25) is 0 Å². The molecule has 3 aliphatic heterocycles. The minimum Gasteiger partial charge on any atom is -0.344 e. The molecule has 5 heteroatoms. The van der Waals surface area contributed by atoms with Crippen molar-refractivity contribution < 1.29 is 23.7 Å². The van der Waals surface area contributed by atoms with E-state index < -0.39 is 17.4 Å². The van der Waals surface area contributed by atoms with Gasteiger partial charge >= 0.3 is 0 Å². The Bertz CT molecular complexity index is 392. The molecular weight excluding hydrogens is 260 g/mol. The molecule has 3 fully saturated rings. The second kappa shape index (κ2) is 4.40. The van der Waals surface area contributed by atoms with Crippen molar-refractivity contribution in [2.45, 2.75) is 83.6 Å². The van der Waals surface area contributed by atoms with Crippen molar-refractivity contribution in [3.8, 4) is 0 Å². The molecule has 5 nitrogen and oxygen atoms in total. The van der Waals surface area contributed by atoms with Crippen LogP contribution in [0.1, 0.15) is 48.0 Å². The van der Waals surface area contributed by atoms with Gasteiger partial charge in [-0.3, -0.25) is 0 Å². The highest BCUT2D eigenvalue weighted by atomic mass is 16.9. The van der Waals surface area contributed by atoms with E-state index in [-0.39, 0.29) is 18.3 Å². The van der Waals surface area contributed by atoms with E-state index in [4.69, 9.17) is 23.7 Å². The van der Waals surface area contributed by atoms with Crippen molar-refractivity contribution in [1.82, 2.24) is 0 Å². The second-order valence-corrected chi connectivity index (χ2v) is 7.40. The molecule has 0 amide bonds. The molecule has 0 spiro atoms. The van der Waals surface area contributed by atoms with Crippen molar-refractivity contribution in [3.05, 3.63) is 0 Å². The van der Waals surface area contributed by atoms with Crippen molar-refractivity contribution in [2.24, 2.45) is 5.92 Å². The van der Waals surface area contributed by atoms with Crippen LogP contribution in [0.15, 0.2) is 0 Å². The molecule has 3 heterocycles. The van der Waals surface area contributed by atoms with Crippen molar-refractivity contribution in [1.29, 1.82) is 0 Å². The summed E-state index contributed by atoms with van der Waals surface area (Å²) in [5.74, 6) is -1.53. The maximum Gasteiger partial charge on any atom is 0.200 e. The van der Waals surface area contributed by atoms with Gasteiger partial charge in [0.25, 0.3) is 0 Å². The second-order valence-electron chi connectivity index (χ2n) is 7.40. The Kier molecular flexibility index (Phi) is 3.24. The van der Waals surface area contributed by atoms with Gasteiger partial charge in [-0.2, -0.15) is 0 Å². The Morgan fingerprint density at radius 1 is 1.00 bits per heavy atom. The fourth-order valence-corrected chi connectivity index (χ4v) is 3.58. The molecule has 0 aromatic carbocycles. The minimum atomic E-state index is -0.720. The van der Waals surface area contributed by atoms with Gasteiger partial charge in [-0.15, -0.1) is 0 Å². The molecule has 116 valence electrons. The van der Waals surface area contributed by atoms with E-state index in [0.717, 1.165) is 6.42 Å². The summed E-state index contributed by atoms with van der Waals surface area (Å²) in [6, 6.07) is 0. The fourth-order valence-electron chi connectivity index (χ4n) is 3.58. The summed E-state index contributed by atoms with van der Waals surface area (Å²) in [4.78, 5) is 0. The maximum absolute atomic E-state index is 6.15. The zero-order valence-corrected chi connectivity index (χ0v) is 13.3. The zero-order valence-electron chi connectivity index (χ0n) is 13.3. The molecule has 0 bridgehead atoms. The Labute approximate surface area is 120 Å². The summed E-state index contributed by atoms with van der Waals surface area (Å²) in [5.41, 5.74) is 0. The largest absolute Gasteiger partial charge is 0.344 e. The summed E-state index contributed by atoms with van der Waals surface area (Å²) in [5, 5.41) is 0. The molecule has 0 radical (unpaired) electrons. The van der Waals surface area contributed by atoms with Gasteiger partial charge in [0.15, 0.2) is 11.6 Å². The molecule has 0 aromatic rings. The topological polar surface area (TPSA) is 46.2 Å². The predicted octanol–water partition coefficient (Wildman–Crippen LogP) is 2.43. The Hall–Kier alpha value is -0.200. The van der Waals surface area contributed by atoms with Crippen LogP contribution in [0.4, 0.5) is 0 Å². The number of hydrogen-bond donors (Lipinski definition) is 0. The zero-order chi connectivity index (χ0) is 14.8. The molecule has 0 unspecified atom stereocenters. The van der Waals surface area contributed by atoms with E-state index in [0.29, 0.717) is 12.5 Å². The Morgan fingerprint density at radius 2 is 1.70 bits per heavy atom. The summed E-state index contributed by atoms with van der Waals surface area (Å²) >= 11 is 0. The van der Waals surface area contributed by atoms with Gasteiger partial charge in [-0.05, 0) is 33.6 Å². The quantitative estimate of drug-likeness (QED) is 0.780. The fraction of sp³-hybridized carbons (Fsp3) is 1.00. The lowest BCUT2D eigenvalue weighted by Crippen LogP contribution is -2.58. The molecule has 0 aliphatic carbocycles. The highest BCUT2D eigenvalue weighted by Gasteiger charge is 2.65. The number of fused-ring (bicyclic) bond motifs is 3. The molecule has 20 heavy (non-hydrogen) atoms. The maximum atomic E-state index is 6.15. The van der Waals surface area contributed by atoms with Crippen LogP contribution in [-0.2, 0) is 23.7 Å². The normalized spacial score (nSPS) is 45.5. The van der Waals surface area contributed by atoms with Crippen LogP contribution >= 0.6 is 0 Å². The molecule has 0 N–H and O–H groups in total. The van der Waals surface area contributed by atoms with E-state index in [9.17, 15) is 0 Å². The third-order valence-corrected chi connectivity index (χ3v) is 3.97. The van der Waals surface area contributed by atoms with Crippen LogP contribution in [0, 0.1) is 5.92 Å². The average Bonchev–Trinajstić information content (AvgIpc) is 2.69. The Balaban J connectivity index is 1.90. The van der Waals surface area contributed by atoms with Crippen LogP contribution in [0.3, 0.4) is 0 Å². The van der Waals surface area contributed by atoms with E-state index in [1.807, 2.05) is 27.7 Å². The van der Waals surface area contributed by atoms with Crippen molar-refractivity contribution in [3.63, 3.8) is 0 Å². The number of hydrogen-bond acceptors (Lipinski definition) is 5. The summed E-state index contributed by atoms with van der Waals surface area (Å²) in [7, 11) is 0. The Morgan fingerprint density at radius 3 is 2.35 bits per heavy atom. The van der Waals surface area contributed by atoms with Gasteiger partial charge in [-0.1, -0.05) is 13.8 Å². The van der Waals surface area contributed by atoms with E-state index >= 15 is 0 Å². The van der Waals surface area contributed by atoms with Crippen molar-refractivity contribution >= 4 is 0 Å². The first-order valence-electron chi connectivity index (χ1n) is 7.50. The average molecular weight is 286 g/mol. The van der Waals surface area contributed by atoms with E-state index in [1.54, 1.807) is 0 Å². The van der Waals surface area contributed by atoms with Gasteiger partial charge in [0.2, 0.25) is 5.79 Å². The highest BCUT2D eigenvalue weighted by molar-refractivity contribution is 5.03. The van der Waals surface area contributed by atoms with Crippen LogP contribution in [-0.4, -0.2) is 42.3 Å². The SMILES string of the molecule is CC(C)C[C@@]12OC[C@H]3OC(C)(C)O[C@H]3[C@@H]1OC(C)(C)O2. The lowest BCUT2D eigenvalue weighted by atomic mass is 9.90. The highest BCUT2D eigenvalue weighted by Crippen LogP contribution is 2.49. The molecule has 4 atom stereocenters. The third kappa shape index (κ3) is 2.40. The van der Waals surface area contributed by atoms with Crippen molar-refractivity contribution in [2.75, 3.05) is 6.61 Å². The molecule has 3 rings (SSSR count). The van der Waals surface area contributed by atoms with Crippen LogP contribution in [0.25, 0.3) is 0 Å². The number of rotatable bonds is 2. The predicted molar refractivity (Wildman–Crippen MR) is 72.0 cm³/mol. The smallest absolute Gasteiger partial charge is 0.200 e. The molecule has 3 aliphatic rings. The van der Waals surface area contributed by atoms with Gasteiger partial charge in [-0.25, -0.2) is 0 Å². The lowest BCUT2D eigenvalue weighted by molar-refractivity contribution is -0.287. The molecule has 0 aromatic heterocycles. The first kappa shape index (κ1) is 14.7. The first-order valence-corrected chi connectivity index (χ1v) is 7.50. The summed E-state index contributed by atoms with van der Waals surface area (Å²) < 4.78 is 30.3. The van der Waals surface area contributed by atoms with Gasteiger partial charge in [0.05, 0.1) is 6.61 Å². The third-order valence-electron chi connectivity index (χ3n) is 3.97. The monoisotopic (exact) mass is 286 g/mol. The number of ether oxygens (including phenoxy) is 5. The minimum absolute atomic E-state index is 0.0900. The van der Waals surface area contributed by atoms with Gasteiger partial charge in [0, 0.05) is 6.42 Å². The van der Waals surface area contributed by atoms with E-state index in [2.05, 4.69) is 13.8 Å². The summed E-state index contributed by atoms with van der Waals surface area (Å²) in [6.45, 7) is 12.5. The lowest BCUT2D eigenvalue weighted by Gasteiger charge is -2.41. The van der Waals surface area contributed by atoms with Crippen LogP contribution < -0.4 is 0 Å². The van der Waals surface area contributed by atoms with Gasteiger partial charge in [0.1, 0.15) is 18.3 Å². The van der Waals surface area contributed by atoms with Gasteiger partial charge < -0.3 is 23.7 Å². The molecule has 0 saturated carbocycles. The summed E-state index contributed by atoms with van der Waals surface area (Å²) in [6.07, 6.45) is 0.307. The molecular formula is C15H26O5. The molecule has 3 saturated heterocycles. The first-order chi connectivity index (χ1) is 9.13. The van der Waals surface area contributed by atoms with Crippen LogP contribution in [0.5, 0.6) is 0 Å². The van der Waals surface area contributed by atoms with E-state index in [1.165, 1.54) is 0 Å². The standard InChI is InChI=1S/C15H26O5/c1-9(2)7-15-12(19-14(5,6)20-15)11-10(8-16-15)17-13(3,4)18-11/h9-12H,7-8H2,1-6H3/t10-,11-,12+,15+/m1/s1.